The summed E-state index contributed by atoms with van der Waals surface area (Å²) >= 11 is 0. The lowest BCUT2D eigenvalue weighted by molar-refractivity contribution is 0.139. The van der Waals surface area contributed by atoms with E-state index in [2.05, 4.69) is 6.58 Å². The Hall–Kier alpha value is -0.986. The quantitative estimate of drug-likeness (QED) is 0.768. The van der Waals surface area contributed by atoms with Gasteiger partial charge in [0.15, 0.2) is 0 Å². The number of hydrogen-bond donors (Lipinski definition) is 0. The minimum absolute atomic E-state index is 1.10. The lowest BCUT2D eigenvalue weighted by atomic mass is 10.2. The van der Waals surface area contributed by atoms with Crippen molar-refractivity contribution in [3.05, 3.63) is 53.9 Å². The monoisotopic (exact) mass is 282 g/mol. The van der Waals surface area contributed by atoms with Crippen molar-refractivity contribution in [2.75, 3.05) is 21.3 Å². The highest BCUT2D eigenvalue weighted by Gasteiger charge is 2.34. The molecule has 0 saturated carbocycles. The zero-order chi connectivity index (χ0) is 13.9. The number of rotatable bonds is 5. The van der Waals surface area contributed by atoms with E-state index in [-0.39, 0.29) is 0 Å². The van der Waals surface area contributed by atoms with Gasteiger partial charge in [-0.15, -0.1) is 12.3 Å². The predicted molar refractivity (Wildman–Crippen MR) is 82.4 cm³/mol. The predicted octanol–water partition coefficient (Wildman–Crippen LogP) is 1.61. The van der Waals surface area contributed by atoms with Crippen LogP contribution in [0.1, 0.15) is 5.56 Å². The minimum atomic E-state index is -2.58. The maximum atomic E-state index is 5.27. The smallest absolute Gasteiger partial charge is 0.374 e. The first-order valence-electron chi connectivity index (χ1n) is 5.64. The third-order valence-electron chi connectivity index (χ3n) is 2.13. The molecule has 3 nitrogen and oxygen atoms in total. The van der Waals surface area contributed by atoms with Crippen LogP contribution in [0.3, 0.4) is 0 Å². The molecule has 1 aromatic carbocycles. The van der Waals surface area contributed by atoms with Crippen molar-refractivity contribution in [1.29, 1.82) is 0 Å². The van der Waals surface area contributed by atoms with Crippen LogP contribution in [-0.2, 0) is 13.3 Å². The molecule has 100 valence electrons. The topological polar surface area (TPSA) is 27.7 Å². The van der Waals surface area contributed by atoms with E-state index in [1.807, 2.05) is 47.8 Å². The second-order valence-corrected chi connectivity index (χ2v) is 6.95. The van der Waals surface area contributed by atoms with Gasteiger partial charge in [-0.1, -0.05) is 36.4 Å². The SMILES string of the molecule is C=C[SiH3].CO[Si](C=Cc1ccccc1)(OC)OC. The van der Waals surface area contributed by atoms with Gasteiger partial charge in [-0.25, -0.2) is 0 Å². The summed E-state index contributed by atoms with van der Waals surface area (Å²) in [6, 6.07) is 9.96. The lowest BCUT2D eigenvalue weighted by Gasteiger charge is -2.20. The Morgan fingerprint density at radius 2 is 1.50 bits per heavy atom. The Morgan fingerprint density at radius 1 is 1.06 bits per heavy atom. The summed E-state index contributed by atoms with van der Waals surface area (Å²) in [5.41, 5.74) is 4.85. The first-order valence-corrected chi connectivity index (χ1v) is 8.60. The van der Waals surface area contributed by atoms with Gasteiger partial charge in [-0.2, -0.15) is 0 Å². The summed E-state index contributed by atoms with van der Waals surface area (Å²) in [7, 11) is 3.33. The van der Waals surface area contributed by atoms with Crippen LogP contribution in [0.15, 0.2) is 48.3 Å². The molecule has 0 N–H and O–H groups in total. The Labute approximate surface area is 114 Å². The Kier molecular flexibility index (Phi) is 9.44. The van der Waals surface area contributed by atoms with Crippen LogP contribution in [0.2, 0.25) is 0 Å². The molecule has 1 aromatic rings. The zero-order valence-electron chi connectivity index (χ0n) is 11.6. The van der Waals surface area contributed by atoms with Gasteiger partial charge in [0.1, 0.15) is 0 Å². The highest BCUT2D eigenvalue weighted by molar-refractivity contribution is 6.66. The number of hydrogen-bond acceptors (Lipinski definition) is 3. The minimum Gasteiger partial charge on any atom is -0.374 e. The Bertz CT molecular complexity index is 340. The molecule has 5 heteroatoms. The van der Waals surface area contributed by atoms with Crippen LogP contribution >= 0.6 is 0 Å². The maximum Gasteiger partial charge on any atom is 0.528 e. The van der Waals surface area contributed by atoms with Crippen molar-refractivity contribution in [2.24, 2.45) is 0 Å². The molecular weight excluding hydrogens is 260 g/mol. The third kappa shape index (κ3) is 6.08. The fraction of sp³-hybridized carbons (Fsp3) is 0.231. The molecule has 0 aliphatic rings. The van der Waals surface area contributed by atoms with Crippen LogP contribution < -0.4 is 0 Å². The van der Waals surface area contributed by atoms with Crippen molar-refractivity contribution in [2.45, 2.75) is 0 Å². The zero-order valence-corrected chi connectivity index (χ0v) is 14.6. The molecule has 0 atom stereocenters. The Morgan fingerprint density at radius 3 is 1.89 bits per heavy atom. The van der Waals surface area contributed by atoms with Gasteiger partial charge in [0.2, 0.25) is 0 Å². The summed E-state index contributed by atoms with van der Waals surface area (Å²) in [4.78, 5) is 0. The van der Waals surface area contributed by atoms with E-state index in [9.17, 15) is 0 Å². The van der Waals surface area contributed by atoms with Gasteiger partial charge < -0.3 is 13.3 Å². The van der Waals surface area contributed by atoms with E-state index in [0.29, 0.717) is 0 Å². The summed E-state index contributed by atoms with van der Waals surface area (Å²) < 4.78 is 15.8. The molecule has 0 aliphatic heterocycles. The average molecular weight is 282 g/mol. The molecule has 0 saturated heterocycles. The second-order valence-electron chi connectivity index (χ2n) is 3.37. The normalized spacial score (nSPS) is 11.1. The maximum absolute atomic E-state index is 5.27. The molecule has 0 aromatic heterocycles. The van der Waals surface area contributed by atoms with E-state index in [1.165, 1.54) is 0 Å². The summed E-state index contributed by atoms with van der Waals surface area (Å²) in [5, 5.41) is 0. The average Bonchev–Trinajstić information content (AvgIpc) is 2.43. The molecule has 18 heavy (non-hydrogen) atoms. The van der Waals surface area contributed by atoms with Crippen LogP contribution in [0, 0.1) is 0 Å². The fourth-order valence-corrected chi connectivity index (χ4v) is 2.52. The first kappa shape index (κ1) is 17.0. The van der Waals surface area contributed by atoms with Gasteiger partial charge in [-0.3, -0.25) is 0 Å². The van der Waals surface area contributed by atoms with Crippen molar-refractivity contribution < 1.29 is 13.3 Å². The summed E-state index contributed by atoms with van der Waals surface area (Å²) in [6.45, 7) is 3.42. The molecule has 0 unspecified atom stereocenters. The molecular formula is C13H22O3Si2. The molecule has 0 radical (unpaired) electrons. The van der Waals surface area contributed by atoms with Gasteiger partial charge in [0.05, 0.1) is 0 Å². The molecule has 0 spiro atoms. The van der Waals surface area contributed by atoms with Gasteiger partial charge in [0, 0.05) is 31.6 Å². The van der Waals surface area contributed by atoms with E-state index in [1.54, 1.807) is 21.3 Å². The number of benzene rings is 1. The van der Waals surface area contributed by atoms with Crippen molar-refractivity contribution in [1.82, 2.24) is 0 Å². The fourth-order valence-electron chi connectivity index (χ4n) is 1.22. The molecule has 0 fully saturated rings. The van der Waals surface area contributed by atoms with Gasteiger partial charge >= 0.3 is 8.80 Å². The largest absolute Gasteiger partial charge is 0.528 e. The Balaban J connectivity index is 0.000000873. The summed E-state index contributed by atoms with van der Waals surface area (Å²) in [5.74, 6) is 0. The molecule has 1 rings (SSSR count). The van der Waals surface area contributed by atoms with Crippen LogP contribution in [0.4, 0.5) is 0 Å². The molecule has 0 heterocycles. The van der Waals surface area contributed by atoms with E-state index in [0.717, 1.165) is 15.8 Å². The third-order valence-corrected chi connectivity index (χ3v) is 4.42. The van der Waals surface area contributed by atoms with Crippen LogP contribution in [0.5, 0.6) is 0 Å². The van der Waals surface area contributed by atoms with Crippen molar-refractivity contribution in [3.63, 3.8) is 0 Å². The summed E-state index contributed by atoms with van der Waals surface area (Å²) in [6.07, 6.45) is 1.95. The standard InChI is InChI=1S/C11H16O3Si.C2H6Si/c1-12-15(13-2,14-3)10-9-11-7-5-4-6-8-11;1-2-3/h4-10H,1-3H3;2H,1H2,3H3. The second kappa shape index (κ2) is 9.98. The van der Waals surface area contributed by atoms with E-state index in [4.69, 9.17) is 13.3 Å². The first-order chi connectivity index (χ1) is 8.67. The highest BCUT2D eigenvalue weighted by Crippen LogP contribution is 2.10. The van der Waals surface area contributed by atoms with Crippen molar-refractivity contribution >= 4 is 25.1 Å². The van der Waals surface area contributed by atoms with Crippen LogP contribution in [0.25, 0.3) is 6.08 Å². The van der Waals surface area contributed by atoms with Crippen molar-refractivity contribution in [3.8, 4) is 0 Å². The van der Waals surface area contributed by atoms with E-state index < -0.39 is 8.80 Å². The lowest BCUT2D eigenvalue weighted by Crippen LogP contribution is -2.40. The van der Waals surface area contributed by atoms with Gasteiger partial charge in [0.25, 0.3) is 0 Å². The molecule has 0 amide bonds. The highest BCUT2D eigenvalue weighted by atomic mass is 28.4. The van der Waals surface area contributed by atoms with Gasteiger partial charge in [-0.05, 0) is 11.3 Å². The molecule has 0 aliphatic carbocycles. The molecule has 0 bridgehead atoms. The van der Waals surface area contributed by atoms with E-state index >= 15 is 0 Å². The van der Waals surface area contributed by atoms with Crippen LogP contribution in [-0.4, -0.2) is 40.4 Å².